The van der Waals surface area contributed by atoms with Gasteiger partial charge in [-0.3, -0.25) is 0 Å². The van der Waals surface area contributed by atoms with Crippen LogP contribution in [0.1, 0.15) is 20.8 Å². The van der Waals surface area contributed by atoms with Gasteiger partial charge in [0.25, 0.3) is 0 Å². The molecule has 0 aromatic heterocycles. The molecule has 1 aliphatic heterocycles. The lowest BCUT2D eigenvalue weighted by atomic mass is 9.74. The first-order valence-corrected chi connectivity index (χ1v) is 4.98. The fraction of sp³-hybridized carbons (Fsp3) is 0.900. The van der Waals surface area contributed by atoms with Gasteiger partial charge in [-0.15, -0.1) is 0 Å². The zero-order valence-electron chi connectivity index (χ0n) is 9.80. The summed E-state index contributed by atoms with van der Waals surface area (Å²) in [5.74, 6) is -2.71. The Hall–Kier alpha value is -0.690. The van der Waals surface area contributed by atoms with Crippen LogP contribution >= 0.6 is 0 Å². The minimum absolute atomic E-state index is 1.09. The lowest BCUT2D eigenvalue weighted by molar-refractivity contribution is -0.349. The van der Waals surface area contributed by atoms with Crippen LogP contribution in [0.5, 0.6) is 0 Å². The number of aliphatic hydroxyl groups is 2. The van der Waals surface area contributed by atoms with Gasteiger partial charge in [-0.05, 0) is 6.92 Å². The molecular weight excluding hydrogens is 216 g/mol. The molecule has 0 aromatic carbocycles. The molecule has 0 bridgehead atoms. The molecule has 6 nitrogen and oxygen atoms in total. The predicted octanol–water partition coefficient (Wildman–Crippen LogP) is -0.420. The highest BCUT2D eigenvalue weighted by Gasteiger charge is 2.58. The van der Waals surface area contributed by atoms with Gasteiger partial charge in [-0.25, -0.2) is 4.79 Å². The molecule has 6 heteroatoms. The van der Waals surface area contributed by atoms with E-state index in [2.05, 4.69) is 0 Å². The molecule has 0 radical (unpaired) electrons. The fourth-order valence-electron chi connectivity index (χ4n) is 1.84. The van der Waals surface area contributed by atoms with Gasteiger partial charge in [-0.1, -0.05) is 13.8 Å². The summed E-state index contributed by atoms with van der Waals surface area (Å²) < 4.78 is 10.2. The van der Waals surface area contributed by atoms with Gasteiger partial charge in [0.15, 0.2) is 11.9 Å². The van der Waals surface area contributed by atoms with E-state index in [9.17, 15) is 15.0 Å². The van der Waals surface area contributed by atoms with E-state index < -0.39 is 35.5 Å². The first-order chi connectivity index (χ1) is 7.16. The molecule has 16 heavy (non-hydrogen) atoms. The number of aliphatic carboxylic acids is 1. The number of rotatable bonds is 2. The van der Waals surface area contributed by atoms with Crippen LogP contribution in [0.4, 0.5) is 0 Å². The third-order valence-corrected chi connectivity index (χ3v) is 3.26. The summed E-state index contributed by atoms with van der Waals surface area (Å²) in [5, 5.41) is 28.8. The Kier molecular flexibility index (Phi) is 3.31. The van der Waals surface area contributed by atoms with Crippen molar-refractivity contribution in [1.82, 2.24) is 0 Å². The van der Waals surface area contributed by atoms with Gasteiger partial charge in [0, 0.05) is 12.5 Å². The van der Waals surface area contributed by atoms with Crippen molar-refractivity contribution in [2.75, 3.05) is 7.11 Å². The molecule has 0 amide bonds. The Morgan fingerprint density at radius 3 is 2.12 bits per heavy atom. The zero-order valence-corrected chi connectivity index (χ0v) is 9.80. The number of carboxylic acid groups (broad SMARTS) is 1. The number of carboxylic acids is 1. The maximum atomic E-state index is 11.1. The standard InChI is InChI=1S/C10H18O6/c1-9(2)5(11)6(12)10(3,15-4)16-7(9)8(13)14/h5-7,11-12H,1-4H3,(H,13,14). The number of hydrogen-bond donors (Lipinski definition) is 3. The molecular formula is C10H18O6. The van der Waals surface area contributed by atoms with Crippen molar-refractivity contribution in [3.8, 4) is 0 Å². The molecule has 1 aliphatic rings. The average Bonchev–Trinajstić information content (AvgIpc) is 2.21. The highest BCUT2D eigenvalue weighted by molar-refractivity contribution is 5.73. The summed E-state index contributed by atoms with van der Waals surface area (Å²) in [6, 6.07) is 0. The summed E-state index contributed by atoms with van der Waals surface area (Å²) in [6.45, 7) is 4.44. The van der Waals surface area contributed by atoms with Gasteiger partial charge in [0.1, 0.15) is 6.10 Å². The normalized spacial score (nSPS) is 43.0. The first kappa shape index (κ1) is 13.4. The van der Waals surface area contributed by atoms with Gasteiger partial charge in [0.2, 0.25) is 0 Å². The van der Waals surface area contributed by atoms with E-state index in [1.54, 1.807) is 0 Å². The third-order valence-electron chi connectivity index (χ3n) is 3.26. The molecule has 1 saturated heterocycles. The van der Waals surface area contributed by atoms with Crippen molar-refractivity contribution in [2.45, 2.75) is 44.9 Å². The van der Waals surface area contributed by atoms with E-state index in [4.69, 9.17) is 14.6 Å². The van der Waals surface area contributed by atoms with Crippen molar-refractivity contribution >= 4 is 5.97 Å². The highest BCUT2D eigenvalue weighted by atomic mass is 16.7. The summed E-state index contributed by atoms with van der Waals surface area (Å²) >= 11 is 0. The maximum absolute atomic E-state index is 11.1. The number of methoxy groups -OCH3 is 1. The SMILES string of the molecule is COC1(C)OC(C(=O)O)C(C)(C)C(O)C1O. The topological polar surface area (TPSA) is 96.2 Å². The minimum Gasteiger partial charge on any atom is -0.479 e. The minimum atomic E-state index is -1.52. The number of hydrogen-bond acceptors (Lipinski definition) is 5. The average molecular weight is 234 g/mol. The number of ether oxygens (including phenoxy) is 2. The predicted molar refractivity (Wildman–Crippen MR) is 53.7 cm³/mol. The lowest BCUT2D eigenvalue weighted by Gasteiger charge is -2.50. The summed E-state index contributed by atoms with van der Waals surface area (Å²) in [7, 11) is 1.28. The second-order valence-electron chi connectivity index (χ2n) is 4.77. The number of carbonyl (C=O) groups is 1. The van der Waals surface area contributed by atoms with E-state index in [1.807, 2.05) is 0 Å². The summed E-state index contributed by atoms with van der Waals surface area (Å²) in [4.78, 5) is 11.1. The first-order valence-electron chi connectivity index (χ1n) is 4.98. The van der Waals surface area contributed by atoms with E-state index in [1.165, 1.54) is 27.9 Å². The second kappa shape index (κ2) is 3.96. The third kappa shape index (κ3) is 1.82. The largest absolute Gasteiger partial charge is 0.479 e. The van der Waals surface area contributed by atoms with Gasteiger partial charge in [-0.2, -0.15) is 0 Å². The molecule has 0 spiro atoms. The second-order valence-corrected chi connectivity index (χ2v) is 4.77. The molecule has 4 atom stereocenters. The molecule has 1 heterocycles. The molecule has 1 rings (SSSR count). The van der Waals surface area contributed by atoms with Gasteiger partial charge < -0.3 is 24.8 Å². The monoisotopic (exact) mass is 234 g/mol. The van der Waals surface area contributed by atoms with Crippen molar-refractivity contribution in [3.05, 3.63) is 0 Å². The zero-order chi connectivity index (χ0) is 12.7. The van der Waals surface area contributed by atoms with Crippen LogP contribution in [-0.2, 0) is 14.3 Å². The maximum Gasteiger partial charge on any atom is 0.333 e. The van der Waals surface area contributed by atoms with Crippen molar-refractivity contribution < 1.29 is 29.6 Å². The van der Waals surface area contributed by atoms with Crippen molar-refractivity contribution in [3.63, 3.8) is 0 Å². The Bertz CT molecular complexity index is 289. The molecule has 1 fully saturated rings. The number of aliphatic hydroxyl groups excluding tert-OH is 2. The van der Waals surface area contributed by atoms with Gasteiger partial charge >= 0.3 is 5.97 Å². The van der Waals surface area contributed by atoms with Crippen LogP contribution in [-0.4, -0.2) is 52.5 Å². The summed E-state index contributed by atoms with van der Waals surface area (Å²) in [5.41, 5.74) is -1.09. The van der Waals surface area contributed by atoms with E-state index in [-0.39, 0.29) is 0 Å². The van der Waals surface area contributed by atoms with Crippen LogP contribution in [0.3, 0.4) is 0 Å². The van der Waals surface area contributed by atoms with Gasteiger partial charge in [0.05, 0.1) is 6.10 Å². The quantitative estimate of drug-likeness (QED) is 0.600. The van der Waals surface area contributed by atoms with Crippen LogP contribution in [0.25, 0.3) is 0 Å². The Morgan fingerprint density at radius 2 is 1.75 bits per heavy atom. The van der Waals surface area contributed by atoms with E-state index in [0.29, 0.717) is 0 Å². The Labute approximate surface area is 93.8 Å². The van der Waals surface area contributed by atoms with Crippen LogP contribution in [0.15, 0.2) is 0 Å². The fourth-order valence-corrected chi connectivity index (χ4v) is 1.84. The smallest absolute Gasteiger partial charge is 0.333 e. The van der Waals surface area contributed by atoms with Crippen molar-refractivity contribution in [2.24, 2.45) is 5.41 Å². The molecule has 3 N–H and O–H groups in total. The van der Waals surface area contributed by atoms with Crippen LogP contribution < -0.4 is 0 Å². The molecule has 4 unspecified atom stereocenters. The Morgan fingerprint density at radius 1 is 1.25 bits per heavy atom. The molecule has 0 aliphatic carbocycles. The molecule has 94 valence electrons. The molecule has 0 saturated carbocycles. The van der Waals surface area contributed by atoms with E-state index in [0.717, 1.165) is 0 Å². The lowest BCUT2D eigenvalue weighted by Crippen LogP contribution is -2.66. The molecule has 0 aromatic rings. The summed E-state index contributed by atoms with van der Waals surface area (Å²) in [6.07, 6.45) is -3.79. The Balaban J connectivity index is 3.10. The van der Waals surface area contributed by atoms with Crippen LogP contribution in [0.2, 0.25) is 0 Å². The van der Waals surface area contributed by atoms with E-state index >= 15 is 0 Å². The highest BCUT2D eigenvalue weighted by Crippen LogP contribution is 2.41. The van der Waals surface area contributed by atoms with Crippen LogP contribution in [0, 0.1) is 5.41 Å². The van der Waals surface area contributed by atoms with Crippen molar-refractivity contribution in [1.29, 1.82) is 0 Å².